The summed E-state index contributed by atoms with van der Waals surface area (Å²) in [7, 11) is 1.74. The predicted molar refractivity (Wildman–Crippen MR) is 93.9 cm³/mol. The summed E-state index contributed by atoms with van der Waals surface area (Å²) in [5.41, 5.74) is 1.71. The van der Waals surface area contributed by atoms with Gasteiger partial charge in [-0.25, -0.2) is 0 Å². The monoisotopic (exact) mass is 323 g/mol. The van der Waals surface area contributed by atoms with Crippen LogP contribution in [0.1, 0.15) is 17.2 Å². The summed E-state index contributed by atoms with van der Waals surface area (Å²) in [5, 5.41) is 24.1. The van der Waals surface area contributed by atoms with Crippen LogP contribution in [0.4, 0.5) is 0 Å². The zero-order valence-corrected chi connectivity index (χ0v) is 13.5. The van der Waals surface area contributed by atoms with Crippen molar-refractivity contribution in [3.8, 4) is 0 Å². The summed E-state index contributed by atoms with van der Waals surface area (Å²) in [6.07, 6.45) is -2.42. The molecule has 0 aliphatic carbocycles. The van der Waals surface area contributed by atoms with Crippen molar-refractivity contribution in [2.24, 2.45) is 0 Å². The molecule has 0 heterocycles. The number of aliphatic hydroxyl groups is 2. The first-order valence-electron chi connectivity index (χ1n) is 7.91. The molecule has 24 heavy (non-hydrogen) atoms. The van der Waals surface area contributed by atoms with Crippen LogP contribution in [0.25, 0.3) is 10.8 Å². The molecule has 0 aliphatic rings. The van der Waals surface area contributed by atoms with E-state index in [1.165, 1.54) is 0 Å². The highest BCUT2D eigenvalue weighted by Crippen LogP contribution is 2.22. The first-order valence-corrected chi connectivity index (χ1v) is 7.91. The van der Waals surface area contributed by atoms with Gasteiger partial charge in [-0.1, -0.05) is 72.8 Å². The van der Waals surface area contributed by atoms with Gasteiger partial charge >= 0.3 is 0 Å². The molecule has 0 aliphatic heterocycles. The Bertz CT molecular complexity index is 786. The first-order chi connectivity index (χ1) is 11.6. The third-order valence-electron chi connectivity index (χ3n) is 3.97. The summed E-state index contributed by atoms with van der Waals surface area (Å²) in [6, 6.07) is 23.2. The van der Waals surface area contributed by atoms with Crippen molar-refractivity contribution in [2.45, 2.75) is 18.9 Å². The van der Waals surface area contributed by atoms with Crippen molar-refractivity contribution in [3.63, 3.8) is 0 Å². The fraction of sp³-hybridized carbons (Fsp3) is 0.200. The van der Waals surface area contributed by atoms with Crippen LogP contribution in [0.5, 0.6) is 0 Å². The second-order valence-corrected chi connectivity index (χ2v) is 5.78. The second kappa shape index (κ2) is 7.55. The molecule has 0 saturated heterocycles. The van der Waals surface area contributed by atoms with E-state index in [-0.39, 0.29) is 0 Å². The van der Waals surface area contributed by atoms with E-state index in [9.17, 15) is 10.2 Å². The number of hydrogen-bond donors (Lipinski definition) is 2. The molecule has 0 fully saturated rings. The number of hydrogen-bond acceptors (Lipinski definition) is 4. The van der Waals surface area contributed by atoms with Crippen LogP contribution in [0.2, 0.25) is 0 Å². The van der Waals surface area contributed by atoms with Crippen molar-refractivity contribution in [3.05, 3.63) is 83.9 Å². The Labute approximate surface area is 141 Å². The Morgan fingerprint density at radius 3 is 2.33 bits per heavy atom. The van der Waals surface area contributed by atoms with Gasteiger partial charge in [0.2, 0.25) is 6.29 Å². The van der Waals surface area contributed by atoms with Crippen LogP contribution in [0.15, 0.2) is 72.8 Å². The van der Waals surface area contributed by atoms with Crippen molar-refractivity contribution in [1.82, 2.24) is 5.06 Å². The number of benzene rings is 3. The molecule has 2 atom stereocenters. The van der Waals surface area contributed by atoms with Crippen molar-refractivity contribution < 1.29 is 15.1 Å². The highest BCUT2D eigenvalue weighted by atomic mass is 16.8. The van der Waals surface area contributed by atoms with E-state index >= 15 is 0 Å². The lowest BCUT2D eigenvalue weighted by molar-refractivity contribution is -0.287. The molecule has 124 valence electrons. The average Bonchev–Trinajstić information content (AvgIpc) is 2.62. The van der Waals surface area contributed by atoms with E-state index in [0.29, 0.717) is 12.1 Å². The highest BCUT2D eigenvalue weighted by Gasteiger charge is 2.21. The van der Waals surface area contributed by atoms with E-state index in [1.807, 2.05) is 42.5 Å². The lowest BCUT2D eigenvalue weighted by atomic mass is 10.0. The van der Waals surface area contributed by atoms with Gasteiger partial charge in [-0.2, -0.15) is 5.06 Å². The average molecular weight is 323 g/mol. The van der Waals surface area contributed by atoms with Crippen molar-refractivity contribution in [2.75, 3.05) is 7.05 Å². The van der Waals surface area contributed by atoms with Gasteiger partial charge < -0.3 is 10.2 Å². The van der Waals surface area contributed by atoms with E-state index < -0.39 is 12.4 Å². The SMILES string of the molecule is CN(Cc1cccc2ccccc12)O[C@@H](O)[C@H](O)c1ccccc1. The minimum absolute atomic E-state index is 0.500. The van der Waals surface area contributed by atoms with Crippen LogP contribution in [0, 0.1) is 0 Å². The molecule has 3 rings (SSSR count). The maximum Gasteiger partial charge on any atom is 0.205 e. The van der Waals surface area contributed by atoms with Gasteiger partial charge in [-0.3, -0.25) is 4.84 Å². The molecule has 0 aromatic heterocycles. The molecule has 0 spiro atoms. The molecule has 2 N–H and O–H groups in total. The summed E-state index contributed by atoms with van der Waals surface area (Å²) in [4.78, 5) is 5.46. The van der Waals surface area contributed by atoms with E-state index in [0.717, 1.165) is 16.3 Å². The van der Waals surface area contributed by atoms with Gasteiger partial charge in [0.15, 0.2) is 0 Å². The summed E-state index contributed by atoms with van der Waals surface area (Å²) >= 11 is 0. The lowest BCUT2D eigenvalue weighted by Crippen LogP contribution is -2.30. The smallest absolute Gasteiger partial charge is 0.205 e. The zero-order valence-electron chi connectivity index (χ0n) is 13.5. The summed E-state index contributed by atoms with van der Waals surface area (Å²) in [5.74, 6) is 0. The van der Waals surface area contributed by atoms with Gasteiger partial charge in [-0.05, 0) is 21.9 Å². The standard InChI is InChI=1S/C20H21NO3/c1-21(24-20(23)19(22)16-9-3-2-4-10-16)14-17-12-7-11-15-8-5-6-13-18(15)17/h2-13,19-20,22-23H,14H2,1H3/t19-,20-/m1/s1. The Balaban J connectivity index is 1.67. The molecule has 0 radical (unpaired) electrons. The lowest BCUT2D eigenvalue weighted by Gasteiger charge is -2.24. The van der Waals surface area contributed by atoms with Crippen molar-refractivity contribution in [1.29, 1.82) is 0 Å². The van der Waals surface area contributed by atoms with Gasteiger partial charge in [-0.15, -0.1) is 0 Å². The number of rotatable bonds is 6. The third kappa shape index (κ3) is 3.80. The highest BCUT2D eigenvalue weighted by molar-refractivity contribution is 5.85. The fourth-order valence-corrected chi connectivity index (χ4v) is 2.76. The number of fused-ring (bicyclic) bond motifs is 1. The fourth-order valence-electron chi connectivity index (χ4n) is 2.76. The van der Waals surface area contributed by atoms with Gasteiger partial charge in [0.25, 0.3) is 0 Å². The van der Waals surface area contributed by atoms with E-state index in [2.05, 4.69) is 18.2 Å². The summed E-state index contributed by atoms with van der Waals surface area (Å²) in [6.45, 7) is 0.500. The largest absolute Gasteiger partial charge is 0.383 e. The molecule has 0 bridgehead atoms. The maximum atomic E-state index is 10.2. The molecule has 4 nitrogen and oxygen atoms in total. The van der Waals surface area contributed by atoms with Crippen molar-refractivity contribution >= 4 is 10.8 Å². The van der Waals surface area contributed by atoms with Crippen LogP contribution in [-0.4, -0.2) is 28.6 Å². The van der Waals surface area contributed by atoms with Crippen LogP contribution in [0.3, 0.4) is 0 Å². The third-order valence-corrected chi connectivity index (χ3v) is 3.97. The molecule has 3 aromatic rings. The van der Waals surface area contributed by atoms with Crippen LogP contribution < -0.4 is 0 Å². The number of aliphatic hydroxyl groups excluding tert-OH is 2. The molecular formula is C20H21NO3. The van der Waals surface area contributed by atoms with Gasteiger partial charge in [0, 0.05) is 13.6 Å². The number of nitrogens with zero attached hydrogens (tertiary/aromatic N) is 1. The molecule has 0 amide bonds. The Morgan fingerprint density at radius 2 is 1.54 bits per heavy atom. The topological polar surface area (TPSA) is 52.9 Å². The first kappa shape index (κ1) is 16.6. The predicted octanol–water partition coefficient (Wildman–Crippen LogP) is 3.26. The molecular weight excluding hydrogens is 302 g/mol. The quantitative estimate of drug-likeness (QED) is 0.540. The maximum absolute atomic E-state index is 10.2. The minimum Gasteiger partial charge on any atom is -0.383 e. The van der Waals surface area contributed by atoms with Gasteiger partial charge in [0.05, 0.1) is 0 Å². The van der Waals surface area contributed by atoms with E-state index in [1.54, 1.807) is 24.2 Å². The number of hydroxylamine groups is 2. The molecule has 0 unspecified atom stereocenters. The molecule has 0 saturated carbocycles. The Kier molecular flexibility index (Phi) is 5.23. The molecule has 3 aromatic carbocycles. The second-order valence-electron chi connectivity index (χ2n) is 5.78. The van der Waals surface area contributed by atoms with E-state index in [4.69, 9.17) is 4.84 Å². The Hall–Kier alpha value is -2.24. The van der Waals surface area contributed by atoms with Crippen LogP contribution >= 0.6 is 0 Å². The summed E-state index contributed by atoms with van der Waals surface area (Å²) < 4.78 is 0. The zero-order chi connectivity index (χ0) is 16.9. The van der Waals surface area contributed by atoms with Crippen LogP contribution in [-0.2, 0) is 11.4 Å². The minimum atomic E-state index is -1.33. The normalized spacial score (nSPS) is 14.0. The van der Waals surface area contributed by atoms with Gasteiger partial charge in [0.1, 0.15) is 6.10 Å². The Morgan fingerprint density at radius 1 is 0.875 bits per heavy atom. The molecule has 4 heteroatoms.